The average molecular weight is 238 g/mol. The summed E-state index contributed by atoms with van der Waals surface area (Å²) >= 11 is 0. The van der Waals surface area contributed by atoms with Gasteiger partial charge in [-0.05, 0) is 38.5 Å². The monoisotopic (exact) mass is 238 g/mol. The first kappa shape index (κ1) is 12.2. The molecule has 1 aliphatic rings. The summed E-state index contributed by atoms with van der Waals surface area (Å²) < 4.78 is 0. The van der Waals surface area contributed by atoms with E-state index in [0.717, 1.165) is 37.4 Å². The molecule has 0 aromatic carbocycles. The highest BCUT2D eigenvalue weighted by Gasteiger charge is 2.34. The molecule has 1 heterocycles. The Morgan fingerprint density at radius 1 is 1.53 bits per heavy atom. The van der Waals surface area contributed by atoms with Gasteiger partial charge in [-0.15, -0.1) is 0 Å². The number of nitrogens with zero attached hydrogens (tertiary/aromatic N) is 1. The molecule has 5 heteroatoms. The van der Waals surface area contributed by atoms with Crippen LogP contribution in [0.1, 0.15) is 38.4 Å². The number of nitrogens with one attached hydrogen (secondary N) is 2. The molecular formula is C12H22N4O. The Hall–Kier alpha value is -1.23. The van der Waals surface area contributed by atoms with Gasteiger partial charge in [0.05, 0.1) is 12.1 Å². The van der Waals surface area contributed by atoms with Crippen LogP contribution < -0.4 is 11.1 Å². The maximum absolute atomic E-state index is 9.65. The highest BCUT2D eigenvalue weighted by molar-refractivity contribution is 5.58. The van der Waals surface area contributed by atoms with Crippen molar-refractivity contribution in [3.8, 4) is 0 Å². The molecule has 5 nitrogen and oxygen atoms in total. The molecule has 0 spiro atoms. The molecule has 0 saturated heterocycles. The first-order valence-electron chi connectivity index (χ1n) is 6.26. The van der Waals surface area contributed by atoms with E-state index in [1.807, 2.05) is 6.92 Å². The molecule has 1 aliphatic carbocycles. The molecule has 0 atom stereocenters. The van der Waals surface area contributed by atoms with E-state index in [1.165, 1.54) is 0 Å². The number of rotatable bonds is 3. The number of imidazole rings is 1. The molecular weight excluding hydrogens is 216 g/mol. The van der Waals surface area contributed by atoms with Gasteiger partial charge in [-0.25, -0.2) is 4.98 Å². The number of aromatic amines is 1. The van der Waals surface area contributed by atoms with Crippen molar-refractivity contribution in [3.05, 3.63) is 5.82 Å². The molecule has 96 valence electrons. The summed E-state index contributed by atoms with van der Waals surface area (Å²) in [6.07, 6.45) is 4.21. The van der Waals surface area contributed by atoms with Crippen LogP contribution in [0.4, 0.5) is 11.6 Å². The Morgan fingerprint density at radius 2 is 2.18 bits per heavy atom. The van der Waals surface area contributed by atoms with Gasteiger partial charge in [0, 0.05) is 0 Å². The molecule has 0 radical (unpaired) electrons. The fraction of sp³-hybridized carbons (Fsp3) is 0.750. The smallest absolute Gasteiger partial charge is 0.169 e. The molecule has 0 bridgehead atoms. The Balaban J connectivity index is 2.12. The number of aliphatic hydroxyl groups is 1. The average Bonchev–Trinajstić information content (AvgIpc) is 2.61. The maximum atomic E-state index is 9.65. The molecule has 1 aromatic rings. The lowest BCUT2D eigenvalue weighted by Crippen LogP contribution is -2.45. The molecule has 0 aliphatic heterocycles. The third-order valence-corrected chi connectivity index (χ3v) is 3.77. The van der Waals surface area contributed by atoms with Gasteiger partial charge >= 0.3 is 0 Å². The largest absolute Gasteiger partial charge is 0.394 e. The normalized spacial score (nSPS) is 29.2. The van der Waals surface area contributed by atoms with E-state index >= 15 is 0 Å². The van der Waals surface area contributed by atoms with Gasteiger partial charge in [0.15, 0.2) is 5.82 Å². The van der Waals surface area contributed by atoms with Crippen LogP contribution in [0.3, 0.4) is 0 Å². The number of anilines is 2. The van der Waals surface area contributed by atoms with E-state index in [4.69, 9.17) is 5.73 Å². The summed E-state index contributed by atoms with van der Waals surface area (Å²) in [5, 5.41) is 13.0. The summed E-state index contributed by atoms with van der Waals surface area (Å²) in [4.78, 5) is 7.28. The van der Waals surface area contributed by atoms with Crippen LogP contribution in [0.25, 0.3) is 0 Å². The Kier molecular flexibility index (Phi) is 3.28. The van der Waals surface area contributed by atoms with Crippen LogP contribution in [-0.4, -0.2) is 27.2 Å². The molecule has 1 saturated carbocycles. The number of aliphatic hydroxyl groups excluding tert-OH is 1. The summed E-state index contributed by atoms with van der Waals surface area (Å²) in [5.74, 6) is 2.76. The zero-order chi connectivity index (χ0) is 12.5. The van der Waals surface area contributed by atoms with Crippen LogP contribution in [0.5, 0.6) is 0 Å². The number of hydrogen-bond donors (Lipinski definition) is 4. The first-order chi connectivity index (χ1) is 8.04. The number of aromatic nitrogens is 2. The topological polar surface area (TPSA) is 87.0 Å². The van der Waals surface area contributed by atoms with Crippen molar-refractivity contribution in [2.24, 2.45) is 5.92 Å². The molecule has 1 fully saturated rings. The van der Waals surface area contributed by atoms with Crippen molar-refractivity contribution in [1.82, 2.24) is 9.97 Å². The number of nitrogens with two attached hydrogens (primary N) is 1. The number of hydrogen-bond acceptors (Lipinski definition) is 4. The summed E-state index contributed by atoms with van der Waals surface area (Å²) in [6.45, 7) is 4.26. The second-order valence-electron chi connectivity index (χ2n) is 5.33. The van der Waals surface area contributed by atoms with Crippen molar-refractivity contribution in [1.29, 1.82) is 0 Å². The Bertz CT molecular complexity index is 380. The summed E-state index contributed by atoms with van der Waals surface area (Å²) in [5.41, 5.74) is 5.59. The minimum Gasteiger partial charge on any atom is -0.394 e. The van der Waals surface area contributed by atoms with Crippen LogP contribution in [0, 0.1) is 12.8 Å². The van der Waals surface area contributed by atoms with Gasteiger partial charge in [-0.2, -0.15) is 0 Å². The standard InChI is InChI=1S/C12H22N4O/c1-8-3-5-12(7-17,6-4-8)16-11-10(13)14-9(2)15-11/h8,16-17H,3-7,13H2,1-2H3,(H,14,15). The summed E-state index contributed by atoms with van der Waals surface area (Å²) in [7, 11) is 0. The lowest BCUT2D eigenvalue weighted by molar-refractivity contribution is 0.155. The molecule has 0 unspecified atom stereocenters. The Labute approximate surface area is 102 Å². The van der Waals surface area contributed by atoms with Crippen molar-refractivity contribution in [3.63, 3.8) is 0 Å². The quantitative estimate of drug-likeness (QED) is 0.645. The van der Waals surface area contributed by atoms with Crippen molar-refractivity contribution < 1.29 is 5.11 Å². The van der Waals surface area contributed by atoms with Gasteiger partial charge in [0.25, 0.3) is 0 Å². The van der Waals surface area contributed by atoms with E-state index in [0.29, 0.717) is 11.6 Å². The fourth-order valence-corrected chi connectivity index (χ4v) is 2.49. The van der Waals surface area contributed by atoms with Crippen molar-refractivity contribution >= 4 is 11.6 Å². The third-order valence-electron chi connectivity index (χ3n) is 3.77. The van der Waals surface area contributed by atoms with Crippen LogP contribution in [-0.2, 0) is 0 Å². The van der Waals surface area contributed by atoms with Crippen molar-refractivity contribution in [2.75, 3.05) is 17.7 Å². The van der Waals surface area contributed by atoms with E-state index in [-0.39, 0.29) is 12.1 Å². The third kappa shape index (κ3) is 2.54. The zero-order valence-corrected chi connectivity index (χ0v) is 10.6. The highest BCUT2D eigenvalue weighted by atomic mass is 16.3. The van der Waals surface area contributed by atoms with Crippen LogP contribution in [0.15, 0.2) is 0 Å². The second kappa shape index (κ2) is 4.56. The van der Waals surface area contributed by atoms with Crippen molar-refractivity contribution in [2.45, 2.75) is 45.1 Å². The number of aryl methyl sites for hydroxylation is 1. The molecule has 1 aromatic heterocycles. The van der Waals surface area contributed by atoms with E-state index in [9.17, 15) is 5.11 Å². The lowest BCUT2D eigenvalue weighted by Gasteiger charge is -2.39. The highest BCUT2D eigenvalue weighted by Crippen LogP contribution is 2.34. The van der Waals surface area contributed by atoms with E-state index < -0.39 is 0 Å². The lowest BCUT2D eigenvalue weighted by atomic mass is 9.77. The number of nitrogen functional groups attached to an aromatic ring is 1. The second-order valence-corrected chi connectivity index (χ2v) is 5.33. The summed E-state index contributed by atoms with van der Waals surface area (Å²) in [6, 6.07) is 0. The van der Waals surface area contributed by atoms with Gasteiger partial charge in [-0.1, -0.05) is 6.92 Å². The minimum absolute atomic E-state index is 0.130. The molecule has 0 amide bonds. The SMILES string of the molecule is Cc1nc(NC2(CO)CCC(C)CC2)c(N)[nH]1. The zero-order valence-electron chi connectivity index (χ0n) is 10.6. The molecule has 17 heavy (non-hydrogen) atoms. The Morgan fingerprint density at radius 3 is 2.65 bits per heavy atom. The van der Waals surface area contributed by atoms with Crippen LogP contribution >= 0.6 is 0 Å². The maximum Gasteiger partial charge on any atom is 0.169 e. The fourth-order valence-electron chi connectivity index (χ4n) is 2.49. The first-order valence-corrected chi connectivity index (χ1v) is 6.26. The van der Waals surface area contributed by atoms with Gasteiger partial charge in [-0.3, -0.25) is 0 Å². The van der Waals surface area contributed by atoms with E-state index in [2.05, 4.69) is 22.2 Å². The number of H-pyrrole nitrogens is 1. The molecule has 2 rings (SSSR count). The van der Waals surface area contributed by atoms with Gasteiger partial charge in [0.2, 0.25) is 0 Å². The molecule has 5 N–H and O–H groups in total. The predicted octanol–water partition coefficient (Wildman–Crippen LogP) is 1.65. The predicted molar refractivity (Wildman–Crippen MR) is 68.8 cm³/mol. The van der Waals surface area contributed by atoms with Crippen LogP contribution in [0.2, 0.25) is 0 Å². The van der Waals surface area contributed by atoms with Gasteiger partial charge in [0.1, 0.15) is 11.6 Å². The van der Waals surface area contributed by atoms with Gasteiger partial charge < -0.3 is 21.1 Å². The minimum atomic E-state index is -0.248. The van der Waals surface area contributed by atoms with E-state index in [1.54, 1.807) is 0 Å².